The first-order chi connectivity index (χ1) is 9.20. The molecule has 1 aromatic heterocycles. The van der Waals surface area contributed by atoms with Crippen molar-refractivity contribution in [1.29, 1.82) is 0 Å². The van der Waals surface area contributed by atoms with Crippen molar-refractivity contribution in [1.82, 2.24) is 14.9 Å². The molecular weight excluding hydrogens is 262 g/mol. The zero-order valence-electron chi connectivity index (χ0n) is 10.8. The summed E-state index contributed by atoms with van der Waals surface area (Å²) < 4.78 is 1.95. The van der Waals surface area contributed by atoms with Crippen LogP contribution in [0.1, 0.15) is 21.7 Å². The SMILES string of the molecule is Cn1ccnc1CCNC(=O)c1ccc(CCl)cc1. The van der Waals surface area contributed by atoms with Crippen LogP contribution in [-0.4, -0.2) is 22.0 Å². The van der Waals surface area contributed by atoms with Crippen LogP contribution in [0.2, 0.25) is 0 Å². The number of hydrogen-bond donors (Lipinski definition) is 1. The maximum absolute atomic E-state index is 11.9. The van der Waals surface area contributed by atoms with E-state index in [4.69, 9.17) is 11.6 Å². The topological polar surface area (TPSA) is 46.9 Å². The molecule has 1 heterocycles. The monoisotopic (exact) mass is 277 g/mol. The highest BCUT2D eigenvalue weighted by Gasteiger charge is 2.05. The second kappa shape index (κ2) is 6.38. The number of hydrogen-bond acceptors (Lipinski definition) is 2. The third-order valence-corrected chi connectivity index (χ3v) is 3.23. The van der Waals surface area contributed by atoms with Crippen LogP contribution in [0.5, 0.6) is 0 Å². The van der Waals surface area contributed by atoms with Crippen LogP contribution < -0.4 is 5.32 Å². The Kier molecular flexibility index (Phi) is 4.58. The molecule has 5 heteroatoms. The number of rotatable bonds is 5. The molecule has 0 aliphatic heterocycles. The summed E-state index contributed by atoms with van der Waals surface area (Å²) in [6.07, 6.45) is 4.36. The highest BCUT2D eigenvalue weighted by molar-refractivity contribution is 6.17. The van der Waals surface area contributed by atoms with Gasteiger partial charge in [0, 0.05) is 43.9 Å². The molecule has 2 aromatic rings. The second-order valence-electron chi connectivity index (χ2n) is 4.29. The Morgan fingerprint density at radius 3 is 2.68 bits per heavy atom. The first-order valence-electron chi connectivity index (χ1n) is 6.10. The van der Waals surface area contributed by atoms with Crippen LogP contribution in [0.4, 0.5) is 0 Å². The van der Waals surface area contributed by atoms with Crippen molar-refractivity contribution < 1.29 is 4.79 Å². The zero-order chi connectivity index (χ0) is 13.7. The second-order valence-corrected chi connectivity index (χ2v) is 4.56. The first-order valence-corrected chi connectivity index (χ1v) is 6.63. The van der Waals surface area contributed by atoms with E-state index < -0.39 is 0 Å². The molecule has 0 spiro atoms. The lowest BCUT2D eigenvalue weighted by Gasteiger charge is -2.06. The molecule has 0 saturated heterocycles. The molecule has 4 nitrogen and oxygen atoms in total. The van der Waals surface area contributed by atoms with Gasteiger partial charge in [0.2, 0.25) is 0 Å². The number of amides is 1. The van der Waals surface area contributed by atoms with E-state index in [9.17, 15) is 4.79 Å². The van der Waals surface area contributed by atoms with Crippen LogP contribution in [0.3, 0.4) is 0 Å². The summed E-state index contributed by atoms with van der Waals surface area (Å²) in [4.78, 5) is 16.1. The minimum Gasteiger partial charge on any atom is -0.352 e. The average molecular weight is 278 g/mol. The lowest BCUT2D eigenvalue weighted by Crippen LogP contribution is -2.26. The quantitative estimate of drug-likeness (QED) is 0.851. The number of nitrogens with zero attached hydrogens (tertiary/aromatic N) is 2. The number of carbonyl (C=O) groups is 1. The Labute approximate surface area is 117 Å². The van der Waals surface area contributed by atoms with Gasteiger partial charge in [-0.25, -0.2) is 4.98 Å². The van der Waals surface area contributed by atoms with Gasteiger partial charge in [0.1, 0.15) is 5.82 Å². The van der Waals surface area contributed by atoms with E-state index in [0.29, 0.717) is 18.0 Å². The van der Waals surface area contributed by atoms with Gasteiger partial charge in [-0.2, -0.15) is 0 Å². The van der Waals surface area contributed by atoms with Gasteiger partial charge >= 0.3 is 0 Å². The molecule has 0 bridgehead atoms. The minimum absolute atomic E-state index is 0.0738. The van der Waals surface area contributed by atoms with E-state index in [1.165, 1.54) is 0 Å². The van der Waals surface area contributed by atoms with Crippen molar-refractivity contribution >= 4 is 17.5 Å². The third kappa shape index (κ3) is 3.58. The van der Waals surface area contributed by atoms with E-state index in [2.05, 4.69) is 10.3 Å². The van der Waals surface area contributed by atoms with Crippen molar-refractivity contribution in [3.63, 3.8) is 0 Å². The lowest BCUT2D eigenvalue weighted by molar-refractivity contribution is 0.0954. The molecule has 0 saturated carbocycles. The van der Waals surface area contributed by atoms with Gasteiger partial charge in [0.05, 0.1) is 0 Å². The van der Waals surface area contributed by atoms with Crippen molar-refractivity contribution in [2.45, 2.75) is 12.3 Å². The number of benzene rings is 1. The minimum atomic E-state index is -0.0738. The van der Waals surface area contributed by atoms with Crippen LogP contribution in [0.15, 0.2) is 36.7 Å². The molecule has 1 aromatic carbocycles. The fourth-order valence-electron chi connectivity index (χ4n) is 1.77. The van der Waals surface area contributed by atoms with Gasteiger partial charge < -0.3 is 9.88 Å². The highest BCUT2D eigenvalue weighted by atomic mass is 35.5. The predicted octanol–water partition coefficient (Wildman–Crippen LogP) is 2.13. The molecular formula is C14H16ClN3O. The fraction of sp³-hybridized carbons (Fsp3) is 0.286. The van der Waals surface area contributed by atoms with E-state index in [1.807, 2.05) is 29.9 Å². The Morgan fingerprint density at radius 2 is 2.11 bits per heavy atom. The normalized spacial score (nSPS) is 10.4. The zero-order valence-corrected chi connectivity index (χ0v) is 11.5. The molecule has 0 atom stereocenters. The molecule has 1 N–H and O–H groups in total. The standard InChI is InChI=1S/C14H16ClN3O/c1-18-9-8-16-13(18)6-7-17-14(19)12-4-2-11(10-15)3-5-12/h2-5,8-9H,6-7,10H2,1H3,(H,17,19). The number of imidazole rings is 1. The molecule has 0 radical (unpaired) electrons. The smallest absolute Gasteiger partial charge is 0.251 e. The van der Waals surface area contributed by atoms with Gasteiger partial charge in [0.25, 0.3) is 5.91 Å². The summed E-state index contributed by atoms with van der Waals surface area (Å²) in [6, 6.07) is 7.29. The number of halogens is 1. The fourth-order valence-corrected chi connectivity index (χ4v) is 1.95. The number of carbonyl (C=O) groups excluding carboxylic acids is 1. The Bertz CT molecular complexity index is 548. The third-order valence-electron chi connectivity index (χ3n) is 2.93. The van der Waals surface area contributed by atoms with Gasteiger partial charge in [-0.15, -0.1) is 11.6 Å². The summed E-state index contributed by atoms with van der Waals surface area (Å²) >= 11 is 5.70. The van der Waals surface area contributed by atoms with Crippen molar-refractivity contribution in [2.75, 3.05) is 6.54 Å². The number of alkyl halides is 1. The summed E-state index contributed by atoms with van der Waals surface area (Å²) in [6.45, 7) is 0.570. The maximum Gasteiger partial charge on any atom is 0.251 e. The van der Waals surface area contributed by atoms with E-state index in [1.54, 1.807) is 18.3 Å². The molecule has 0 aliphatic carbocycles. The lowest BCUT2D eigenvalue weighted by atomic mass is 10.1. The maximum atomic E-state index is 11.9. The molecule has 0 fully saturated rings. The van der Waals surface area contributed by atoms with Crippen molar-refractivity contribution in [2.24, 2.45) is 7.05 Å². The van der Waals surface area contributed by atoms with Crippen molar-refractivity contribution in [3.8, 4) is 0 Å². The number of aromatic nitrogens is 2. The number of nitrogens with one attached hydrogen (secondary N) is 1. The predicted molar refractivity (Wildman–Crippen MR) is 75.2 cm³/mol. The molecule has 19 heavy (non-hydrogen) atoms. The molecule has 0 unspecified atom stereocenters. The largest absolute Gasteiger partial charge is 0.352 e. The average Bonchev–Trinajstić information content (AvgIpc) is 2.84. The molecule has 2 rings (SSSR count). The summed E-state index contributed by atoms with van der Waals surface area (Å²) in [7, 11) is 1.94. The van der Waals surface area contributed by atoms with E-state index in [0.717, 1.165) is 17.8 Å². The Hall–Kier alpha value is -1.81. The van der Waals surface area contributed by atoms with Gasteiger partial charge in [-0.1, -0.05) is 12.1 Å². The Morgan fingerprint density at radius 1 is 1.37 bits per heavy atom. The van der Waals surface area contributed by atoms with Crippen LogP contribution in [0.25, 0.3) is 0 Å². The molecule has 1 amide bonds. The van der Waals surface area contributed by atoms with Crippen LogP contribution >= 0.6 is 11.6 Å². The summed E-state index contributed by atoms with van der Waals surface area (Å²) in [5.74, 6) is 1.34. The summed E-state index contributed by atoms with van der Waals surface area (Å²) in [5, 5.41) is 2.88. The van der Waals surface area contributed by atoms with Gasteiger partial charge in [0.15, 0.2) is 0 Å². The molecule has 0 aliphatic rings. The van der Waals surface area contributed by atoms with E-state index in [-0.39, 0.29) is 5.91 Å². The van der Waals surface area contributed by atoms with Crippen molar-refractivity contribution in [3.05, 3.63) is 53.6 Å². The van der Waals surface area contributed by atoms with Gasteiger partial charge in [-0.3, -0.25) is 4.79 Å². The molecule has 100 valence electrons. The summed E-state index contributed by atoms with van der Waals surface area (Å²) in [5.41, 5.74) is 1.65. The Balaban J connectivity index is 1.85. The van der Waals surface area contributed by atoms with Crippen LogP contribution in [0, 0.1) is 0 Å². The first kappa shape index (κ1) is 13.6. The van der Waals surface area contributed by atoms with E-state index >= 15 is 0 Å². The van der Waals surface area contributed by atoms with Gasteiger partial charge in [-0.05, 0) is 17.7 Å². The van der Waals surface area contributed by atoms with Crippen LogP contribution in [-0.2, 0) is 19.3 Å². The number of aryl methyl sites for hydroxylation is 1. The highest BCUT2D eigenvalue weighted by Crippen LogP contribution is 2.06.